The molecular formula is C21H32O3. The van der Waals surface area contributed by atoms with Crippen LogP contribution in [0.3, 0.4) is 0 Å². The van der Waals surface area contributed by atoms with Gasteiger partial charge in [0, 0.05) is 5.41 Å². The average Bonchev–Trinajstić information content (AvgIpc) is 3.24. The fourth-order valence-electron chi connectivity index (χ4n) is 7.26. The maximum atomic E-state index is 12.6. The molecule has 4 aliphatic rings. The molecule has 1 aliphatic heterocycles. The van der Waals surface area contributed by atoms with E-state index < -0.39 is 0 Å². The van der Waals surface area contributed by atoms with Gasteiger partial charge < -0.3 is 9.47 Å². The standard InChI is InChI=1S/C21H32O3/c1-6-17(2)12-13-21-19(4)10-7-9-18(3,16(22)23-5)15(19)8-11-20(21,14-17)24-21/h6,15H,1,7-14H2,2-5H3/t15-,17+,18-,19-,20+,21+/m1/s1. The van der Waals surface area contributed by atoms with Crippen LogP contribution in [-0.4, -0.2) is 24.3 Å². The van der Waals surface area contributed by atoms with Gasteiger partial charge in [0.15, 0.2) is 0 Å². The number of carbonyl (C=O) groups is 1. The highest BCUT2D eigenvalue weighted by Crippen LogP contribution is 2.78. The van der Waals surface area contributed by atoms with Crippen LogP contribution >= 0.6 is 0 Å². The van der Waals surface area contributed by atoms with Gasteiger partial charge >= 0.3 is 5.97 Å². The van der Waals surface area contributed by atoms with Gasteiger partial charge in [-0.15, -0.1) is 6.58 Å². The highest BCUT2D eigenvalue weighted by molar-refractivity contribution is 5.77. The molecule has 6 atom stereocenters. The summed E-state index contributed by atoms with van der Waals surface area (Å²) in [6.07, 6.45) is 10.9. The lowest BCUT2D eigenvalue weighted by Crippen LogP contribution is -2.61. The Labute approximate surface area is 146 Å². The zero-order chi connectivity index (χ0) is 17.4. The second-order valence-corrected chi connectivity index (χ2v) is 9.73. The molecular weight excluding hydrogens is 300 g/mol. The third-order valence-corrected chi connectivity index (χ3v) is 8.64. The maximum absolute atomic E-state index is 12.6. The van der Waals surface area contributed by atoms with Crippen molar-refractivity contribution in [2.75, 3.05) is 7.11 Å². The van der Waals surface area contributed by atoms with Gasteiger partial charge in [-0.2, -0.15) is 0 Å². The number of esters is 1. The van der Waals surface area contributed by atoms with E-state index in [4.69, 9.17) is 9.47 Å². The number of allylic oxidation sites excluding steroid dienone is 1. The van der Waals surface area contributed by atoms with Crippen molar-refractivity contribution in [3.05, 3.63) is 12.7 Å². The van der Waals surface area contributed by atoms with E-state index in [1.807, 2.05) is 0 Å². The van der Waals surface area contributed by atoms with Gasteiger partial charge in [0.05, 0.1) is 18.1 Å². The third-order valence-electron chi connectivity index (χ3n) is 8.64. The molecule has 0 unspecified atom stereocenters. The molecule has 0 bridgehead atoms. The Morgan fingerprint density at radius 3 is 2.58 bits per heavy atom. The van der Waals surface area contributed by atoms with Crippen molar-refractivity contribution in [1.82, 2.24) is 0 Å². The van der Waals surface area contributed by atoms with Gasteiger partial charge in [-0.3, -0.25) is 4.79 Å². The second kappa shape index (κ2) is 4.66. The predicted octanol–water partition coefficient (Wildman–Crippen LogP) is 4.65. The van der Waals surface area contributed by atoms with E-state index in [1.54, 1.807) is 0 Å². The van der Waals surface area contributed by atoms with Crippen molar-refractivity contribution in [2.24, 2.45) is 22.2 Å². The van der Waals surface area contributed by atoms with E-state index in [1.165, 1.54) is 13.5 Å². The zero-order valence-electron chi connectivity index (χ0n) is 15.7. The number of hydrogen-bond donors (Lipinski definition) is 0. The minimum absolute atomic E-state index is 0.0128. The summed E-state index contributed by atoms with van der Waals surface area (Å²) in [5, 5.41) is 0. The van der Waals surface area contributed by atoms with E-state index in [0.717, 1.165) is 44.9 Å². The molecule has 0 radical (unpaired) electrons. The van der Waals surface area contributed by atoms with Gasteiger partial charge in [0.1, 0.15) is 5.60 Å². The lowest BCUT2D eigenvalue weighted by Gasteiger charge is -2.58. The Morgan fingerprint density at radius 2 is 1.92 bits per heavy atom. The van der Waals surface area contributed by atoms with Gasteiger partial charge in [-0.25, -0.2) is 0 Å². The Bertz CT molecular complexity index is 600. The first-order chi connectivity index (χ1) is 11.2. The van der Waals surface area contributed by atoms with Crippen molar-refractivity contribution in [1.29, 1.82) is 0 Å². The van der Waals surface area contributed by atoms with Crippen LogP contribution in [0.1, 0.15) is 72.1 Å². The molecule has 1 heterocycles. The summed E-state index contributed by atoms with van der Waals surface area (Å²) in [6, 6.07) is 0. The average molecular weight is 332 g/mol. The monoisotopic (exact) mass is 332 g/mol. The van der Waals surface area contributed by atoms with Crippen LogP contribution in [-0.2, 0) is 14.3 Å². The van der Waals surface area contributed by atoms with E-state index in [0.29, 0.717) is 5.92 Å². The third kappa shape index (κ3) is 1.70. The van der Waals surface area contributed by atoms with E-state index in [-0.39, 0.29) is 33.4 Å². The number of carbonyl (C=O) groups excluding carboxylic acids is 1. The van der Waals surface area contributed by atoms with Crippen LogP contribution in [0.4, 0.5) is 0 Å². The molecule has 0 amide bonds. The van der Waals surface area contributed by atoms with Crippen LogP contribution < -0.4 is 0 Å². The maximum Gasteiger partial charge on any atom is 0.311 e. The number of rotatable bonds is 2. The normalized spacial score (nSPS) is 55.6. The highest BCUT2D eigenvalue weighted by Gasteiger charge is 2.83. The molecule has 4 rings (SSSR count). The number of epoxide rings is 1. The van der Waals surface area contributed by atoms with Gasteiger partial charge in [0.2, 0.25) is 0 Å². The minimum atomic E-state index is -0.353. The summed E-state index contributed by atoms with van der Waals surface area (Å²) in [5.41, 5.74) is -0.0405. The number of ether oxygens (including phenoxy) is 2. The van der Waals surface area contributed by atoms with E-state index in [9.17, 15) is 4.79 Å². The van der Waals surface area contributed by atoms with Gasteiger partial charge in [-0.05, 0) is 63.2 Å². The smallest absolute Gasteiger partial charge is 0.311 e. The molecule has 0 aromatic rings. The van der Waals surface area contributed by atoms with Crippen molar-refractivity contribution in [3.8, 4) is 0 Å². The summed E-state index contributed by atoms with van der Waals surface area (Å²) in [5.74, 6) is 0.352. The molecule has 0 aromatic carbocycles. The Morgan fingerprint density at radius 1 is 1.17 bits per heavy atom. The molecule has 1 saturated heterocycles. The SMILES string of the molecule is C=C[C@@]1(C)CC[C@@]23O[C@@]2(CC[C@@H]2[C@](C)(C(=O)OC)CCC[C@]23C)C1. The molecule has 0 N–H and O–H groups in total. The molecule has 3 aliphatic carbocycles. The van der Waals surface area contributed by atoms with E-state index >= 15 is 0 Å². The first-order valence-corrected chi connectivity index (χ1v) is 9.63. The predicted molar refractivity (Wildman–Crippen MR) is 93.5 cm³/mol. The Kier molecular flexibility index (Phi) is 3.23. The first kappa shape index (κ1) is 16.6. The molecule has 0 spiro atoms. The summed E-state index contributed by atoms with van der Waals surface area (Å²) < 4.78 is 11.9. The van der Waals surface area contributed by atoms with Crippen molar-refractivity contribution < 1.29 is 14.3 Å². The Balaban J connectivity index is 1.72. The van der Waals surface area contributed by atoms with Crippen LogP contribution in [0.5, 0.6) is 0 Å². The lowest BCUT2D eigenvalue weighted by molar-refractivity contribution is -0.170. The van der Waals surface area contributed by atoms with Crippen molar-refractivity contribution in [2.45, 2.75) is 83.3 Å². The second-order valence-electron chi connectivity index (χ2n) is 9.73. The van der Waals surface area contributed by atoms with Crippen LogP contribution in [0.15, 0.2) is 12.7 Å². The van der Waals surface area contributed by atoms with Crippen molar-refractivity contribution in [3.63, 3.8) is 0 Å². The molecule has 0 aromatic heterocycles. The fraction of sp³-hybridized carbons (Fsp3) is 0.857. The molecule has 4 fully saturated rings. The van der Waals surface area contributed by atoms with Crippen LogP contribution in [0.25, 0.3) is 0 Å². The van der Waals surface area contributed by atoms with Crippen molar-refractivity contribution >= 4 is 5.97 Å². The number of methoxy groups -OCH3 is 1. The van der Waals surface area contributed by atoms with Crippen LogP contribution in [0, 0.1) is 22.2 Å². The largest absolute Gasteiger partial charge is 0.469 e. The Hall–Kier alpha value is -0.830. The molecule has 3 heteroatoms. The van der Waals surface area contributed by atoms with Gasteiger partial charge in [0.25, 0.3) is 0 Å². The molecule has 134 valence electrons. The zero-order valence-corrected chi connectivity index (χ0v) is 15.7. The first-order valence-electron chi connectivity index (χ1n) is 9.63. The van der Waals surface area contributed by atoms with Crippen LogP contribution in [0.2, 0.25) is 0 Å². The highest BCUT2D eigenvalue weighted by atomic mass is 16.6. The molecule has 24 heavy (non-hydrogen) atoms. The summed E-state index contributed by atoms with van der Waals surface area (Å²) in [6.45, 7) is 11.0. The lowest BCUT2D eigenvalue weighted by atomic mass is 9.43. The van der Waals surface area contributed by atoms with E-state index in [2.05, 4.69) is 33.4 Å². The molecule has 3 saturated carbocycles. The minimum Gasteiger partial charge on any atom is -0.469 e. The van der Waals surface area contributed by atoms with Gasteiger partial charge in [-0.1, -0.05) is 26.3 Å². The molecule has 3 nitrogen and oxygen atoms in total. The summed E-state index contributed by atoms with van der Waals surface area (Å²) >= 11 is 0. The fourth-order valence-corrected chi connectivity index (χ4v) is 7.26. The number of fused-ring (bicyclic) bond motifs is 1. The summed E-state index contributed by atoms with van der Waals surface area (Å²) in [4.78, 5) is 12.6. The topological polar surface area (TPSA) is 38.8 Å². The summed E-state index contributed by atoms with van der Waals surface area (Å²) in [7, 11) is 1.54. The quantitative estimate of drug-likeness (QED) is 0.420. The number of hydrogen-bond acceptors (Lipinski definition) is 3.